The Labute approximate surface area is 104 Å². The lowest BCUT2D eigenvalue weighted by molar-refractivity contribution is -0.145. The maximum absolute atomic E-state index is 11.7. The van der Waals surface area contributed by atoms with E-state index >= 15 is 0 Å². The lowest BCUT2D eigenvalue weighted by Gasteiger charge is -2.31. The van der Waals surface area contributed by atoms with Crippen molar-refractivity contribution in [1.82, 2.24) is 0 Å². The molecule has 2 N–H and O–H groups in total. The van der Waals surface area contributed by atoms with Gasteiger partial charge in [-0.05, 0) is 12.0 Å². The van der Waals surface area contributed by atoms with E-state index in [1.807, 2.05) is 0 Å². The summed E-state index contributed by atoms with van der Waals surface area (Å²) in [5.41, 5.74) is -1.12. The van der Waals surface area contributed by atoms with Crippen molar-refractivity contribution in [2.45, 2.75) is 11.8 Å². The highest BCUT2D eigenvalue weighted by Crippen LogP contribution is 2.39. The molecule has 1 aromatic rings. The number of hydrogen-bond donors (Lipinski definition) is 2. The first-order chi connectivity index (χ1) is 8.59. The predicted molar refractivity (Wildman–Crippen MR) is 65.2 cm³/mol. The Morgan fingerprint density at radius 3 is 2.33 bits per heavy atom. The fraction of sp³-hybridized carbons (Fsp3) is 0.143. The van der Waals surface area contributed by atoms with Gasteiger partial charge in [0.25, 0.3) is 0 Å². The van der Waals surface area contributed by atoms with Crippen LogP contribution in [0.3, 0.4) is 0 Å². The van der Waals surface area contributed by atoms with Gasteiger partial charge < -0.3 is 10.2 Å². The zero-order valence-corrected chi connectivity index (χ0v) is 9.54. The minimum atomic E-state index is -1.50. The molecule has 0 saturated heterocycles. The van der Waals surface area contributed by atoms with Crippen LogP contribution in [0.15, 0.2) is 54.1 Å². The van der Waals surface area contributed by atoms with Crippen LogP contribution in [-0.4, -0.2) is 22.2 Å². The highest BCUT2D eigenvalue weighted by molar-refractivity contribution is 6.01. The molecule has 0 amide bonds. The Morgan fingerprint density at radius 2 is 1.78 bits per heavy atom. The van der Waals surface area contributed by atoms with Gasteiger partial charge >= 0.3 is 11.9 Å². The fourth-order valence-corrected chi connectivity index (χ4v) is 2.24. The number of allylic oxidation sites excluding steroid dienone is 3. The van der Waals surface area contributed by atoms with Crippen LogP contribution >= 0.6 is 0 Å². The Morgan fingerprint density at radius 1 is 1.11 bits per heavy atom. The third-order valence-electron chi connectivity index (χ3n) is 3.14. The lowest BCUT2D eigenvalue weighted by Crippen LogP contribution is -2.41. The average Bonchev–Trinajstić information content (AvgIpc) is 2.39. The van der Waals surface area contributed by atoms with Crippen molar-refractivity contribution in [2.24, 2.45) is 0 Å². The van der Waals surface area contributed by atoms with E-state index < -0.39 is 17.4 Å². The van der Waals surface area contributed by atoms with Crippen LogP contribution in [0.4, 0.5) is 0 Å². The Balaban J connectivity index is 2.66. The number of hydrogen-bond acceptors (Lipinski definition) is 2. The van der Waals surface area contributed by atoms with Crippen LogP contribution < -0.4 is 0 Å². The second-order valence-corrected chi connectivity index (χ2v) is 4.09. The van der Waals surface area contributed by atoms with Crippen LogP contribution in [0.5, 0.6) is 0 Å². The van der Waals surface area contributed by atoms with Crippen molar-refractivity contribution >= 4 is 11.9 Å². The van der Waals surface area contributed by atoms with Crippen LogP contribution in [0.2, 0.25) is 0 Å². The number of carbonyl (C=O) groups is 2. The largest absolute Gasteiger partial charge is 0.480 e. The molecule has 0 radical (unpaired) electrons. The molecule has 0 aliphatic heterocycles. The molecule has 1 aliphatic rings. The average molecular weight is 244 g/mol. The molecular weight excluding hydrogens is 232 g/mol. The Kier molecular flexibility index (Phi) is 3.02. The summed E-state index contributed by atoms with van der Waals surface area (Å²) in [6.45, 7) is 0. The quantitative estimate of drug-likeness (QED) is 0.852. The third-order valence-corrected chi connectivity index (χ3v) is 3.14. The van der Waals surface area contributed by atoms with Gasteiger partial charge in [0, 0.05) is 0 Å². The highest BCUT2D eigenvalue weighted by atomic mass is 16.4. The summed E-state index contributed by atoms with van der Waals surface area (Å²) in [5, 5.41) is 18.7. The highest BCUT2D eigenvalue weighted by Gasteiger charge is 2.46. The molecule has 4 nitrogen and oxygen atoms in total. The minimum absolute atomic E-state index is 0.108. The minimum Gasteiger partial charge on any atom is -0.480 e. The molecule has 92 valence electrons. The molecule has 2 rings (SSSR count). The second-order valence-electron chi connectivity index (χ2n) is 4.09. The smallest absolute Gasteiger partial charge is 0.333 e. The van der Waals surface area contributed by atoms with E-state index in [0.29, 0.717) is 5.56 Å². The fourth-order valence-electron chi connectivity index (χ4n) is 2.24. The molecule has 0 bridgehead atoms. The van der Waals surface area contributed by atoms with Crippen molar-refractivity contribution in [3.05, 3.63) is 59.7 Å². The van der Waals surface area contributed by atoms with Gasteiger partial charge in [-0.15, -0.1) is 0 Å². The van der Waals surface area contributed by atoms with Crippen LogP contribution in [-0.2, 0) is 15.0 Å². The van der Waals surface area contributed by atoms with Crippen molar-refractivity contribution in [2.75, 3.05) is 0 Å². The maximum Gasteiger partial charge on any atom is 0.333 e. The van der Waals surface area contributed by atoms with Crippen LogP contribution in [0, 0.1) is 0 Å². The lowest BCUT2D eigenvalue weighted by atomic mass is 9.69. The molecule has 0 saturated carbocycles. The summed E-state index contributed by atoms with van der Waals surface area (Å²) in [6.07, 6.45) is 4.75. The molecular formula is C14H12O4. The number of rotatable bonds is 3. The van der Waals surface area contributed by atoms with Gasteiger partial charge in [-0.2, -0.15) is 0 Å². The van der Waals surface area contributed by atoms with Gasteiger partial charge in [-0.3, -0.25) is 4.79 Å². The van der Waals surface area contributed by atoms with Crippen molar-refractivity contribution in [1.29, 1.82) is 0 Å². The van der Waals surface area contributed by atoms with Crippen LogP contribution in [0.25, 0.3) is 0 Å². The monoisotopic (exact) mass is 244 g/mol. The van der Waals surface area contributed by atoms with Gasteiger partial charge in [-0.25, -0.2) is 4.79 Å². The van der Waals surface area contributed by atoms with Crippen molar-refractivity contribution in [3.8, 4) is 0 Å². The number of carboxylic acids is 2. The van der Waals surface area contributed by atoms with Crippen LogP contribution in [0.1, 0.15) is 12.0 Å². The molecule has 4 heteroatoms. The second kappa shape index (κ2) is 4.49. The van der Waals surface area contributed by atoms with E-state index in [4.69, 9.17) is 0 Å². The SMILES string of the molecule is O=C(O)C1=CC=CCC1(C(=O)O)c1ccccc1. The maximum atomic E-state index is 11.7. The zero-order chi connectivity index (χ0) is 13.2. The zero-order valence-electron chi connectivity index (χ0n) is 9.54. The first-order valence-corrected chi connectivity index (χ1v) is 5.48. The summed E-state index contributed by atoms with van der Waals surface area (Å²) >= 11 is 0. The molecule has 1 aromatic carbocycles. The first kappa shape index (κ1) is 12.1. The third kappa shape index (κ3) is 1.72. The van der Waals surface area contributed by atoms with E-state index in [0.717, 1.165) is 0 Å². The number of benzene rings is 1. The summed E-state index contributed by atoms with van der Waals surface area (Å²) in [6, 6.07) is 8.46. The Bertz CT molecular complexity index is 542. The molecule has 1 aliphatic carbocycles. The Hall–Kier alpha value is -2.36. The van der Waals surface area contributed by atoms with Gasteiger partial charge in [0.15, 0.2) is 0 Å². The van der Waals surface area contributed by atoms with Gasteiger partial charge in [0.1, 0.15) is 5.41 Å². The number of aliphatic carboxylic acids is 2. The van der Waals surface area contributed by atoms with Gasteiger partial charge in [0.05, 0.1) is 5.57 Å². The first-order valence-electron chi connectivity index (χ1n) is 5.48. The summed E-state index contributed by atoms with van der Waals surface area (Å²) in [5.74, 6) is -2.35. The molecule has 0 fully saturated rings. The molecule has 1 unspecified atom stereocenters. The standard InChI is InChI=1S/C14H12O4/c15-12(16)11-8-4-5-9-14(11,13(17)18)10-6-2-1-3-7-10/h1-8H,9H2,(H,15,16)(H,17,18). The van der Waals surface area contributed by atoms with Gasteiger partial charge in [-0.1, -0.05) is 48.6 Å². The summed E-state index contributed by atoms with van der Waals surface area (Å²) in [4.78, 5) is 22.9. The molecule has 0 aromatic heterocycles. The van der Waals surface area contributed by atoms with E-state index in [2.05, 4.69) is 0 Å². The summed E-state index contributed by atoms with van der Waals surface area (Å²) < 4.78 is 0. The normalized spacial score (nSPS) is 22.3. The van der Waals surface area contributed by atoms with Crippen molar-refractivity contribution < 1.29 is 19.8 Å². The van der Waals surface area contributed by atoms with E-state index in [9.17, 15) is 19.8 Å². The van der Waals surface area contributed by atoms with E-state index in [1.54, 1.807) is 42.5 Å². The molecule has 1 atom stereocenters. The topological polar surface area (TPSA) is 74.6 Å². The van der Waals surface area contributed by atoms with Crippen molar-refractivity contribution in [3.63, 3.8) is 0 Å². The molecule has 0 spiro atoms. The predicted octanol–water partition coefficient (Wildman–Crippen LogP) is 1.98. The number of carboxylic acid groups (broad SMARTS) is 2. The molecule has 0 heterocycles. The molecule has 18 heavy (non-hydrogen) atoms. The van der Waals surface area contributed by atoms with E-state index in [-0.39, 0.29) is 12.0 Å². The van der Waals surface area contributed by atoms with Gasteiger partial charge in [0.2, 0.25) is 0 Å². The summed E-state index contributed by atoms with van der Waals surface area (Å²) in [7, 11) is 0. The van der Waals surface area contributed by atoms with E-state index in [1.165, 1.54) is 6.08 Å².